The van der Waals surface area contributed by atoms with Gasteiger partial charge in [-0.3, -0.25) is 4.98 Å². The van der Waals surface area contributed by atoms with E-state index in [1.165, 1.54) is 0 Å². The van der Waals surface area contributed by atoms with Gasteiger partial charge in [-0.25, -0.2) is 9.97 Å². The molecule has 0 amide bonds. The highest BCUT2D eigenvalue weighted by Gasteiger charge is 2.13. The van der Waals surface area contributed by atoms with Gasteiger partial charge in [-0.05, 0) is 37.4 Å². The number of hydrogen-bond donors (Lipinski definition) is 1. The molecule has 3 rings (SSSR count). The standard InChI is InChI=1S/C16H16N4S/c1-11(2)19-16-18-10-12(13-6-3-4-8-17-13)15(20-16)14-7-5-9-21-14/h3-11H,1-2H3,(H,18,19,20). The predicted molar refractivity (Wildman–Crippen MR) is 87.3 cm³/mol. The van der Waals surface area contributed by atoms with E-state index >= 15 is 0 Å². The molecule has 0 spiro atoms. The maximum atomic E-state index is 4.68. The molecule has 4 nitrogen and oxygen atoms in total. The zero-order chi connectivity index (χ0) is 14.7. The molecule has 0 aliphatic heterocycles. The fourth-order valence-corrected chi connectivity index (χ4v) is 2.75. The first kappa shape index (κ1) is 13.7. The Bertz CT molecular complexity index is 708. The monoisotopic (exact) mass is 296 g/mol. The minimum Gasteiger partial charge on any atom is -0.352 e. The summed E-state index contributed by atoms with van der Waals surface area (Å²) < 4.78 is 0. The summed E-state index contributed by atoms with van der Waals surface area (Å²) >= 11 is 1.67. The Morgan fingerprint density at radius 1 is 1.10 bits per heavy atom. The first-order chi connectivity index (χ1) is 10.2. The van der Waals surface area contributed by atoms with Crippen molar-refractivity contribution in [1.29, 1.82) is 0 Å². The highest BCUT2D eigenvalue weighted by molar-refractivity contribution is 7.13. The van der Waals surface area contributed by atoms with Crippen LogP contribution in [0, 0.1) is 0 Å². The van der Waals surface area contributed by atoms with Crippen LogP contribution < -0.4 is 5.32 Å². The zero-order valence-corrected chi connectivity index (χ0v) is 12.8. The predicted octanol–water partition coefficient (Wildman–Crippen LogP) is 4.09. The van der Waals surface area contributed by atoms with Gasteiger partial charge in [-0.15, -0.1) is 11.3 Å². The van der Waals surface area contributed by atoms with E-state index in [1.54, 1.807) is 17.5 Å². The third-order valence-corrected chi connectivity index (χ3v) is 3.78. The van der Waals surface area contributed by atoms with Crippen LogP contribution in [-0.4, -0.2) is 21.0 Å². The third kappa shape index (κ3) is 3.08. The summed E-state index contributed by atoms with van der Waals surface area (Å²) in [5, 5.41) is 5.30. The summed E-state index contributed by atoms with van der Waals surface area (Å²) in [6.07, 6.45) is 3.63. The molecule has 0 aliphatic carbocycles. The number of aromatic nitrogens is 3. The number of nitrogens with one attached hydrogen (secondary N) is 1. The lowest BCUT2D eigenvalue weighted by Crippen LogP contribution is -2.12. The lowest BCUT2D eigenvalue weighted by atomic mass is 10.1. The van der Waals surface area contributed by atoms with Crippen LogP contribution >= 0.6 is 11.3 Å². The van der Waals surface area contributed by atoms with E-state index in [-0.39, 0.29) is 0 Å². The molecule has 3 aromatic rings. The van der Waals surface area contributed by atoms with Crippen molar-refractivity contribution in [3.05, 3.63) is 48.1 Å². The molecule has 1 N–H and O–H groups in total. The molecule has 21 heavy (non-hydrogen) atoms. The van der Waals surface area contributed by atoms with E-state index in [4.69, 9.17) is 0 Å². The summed E-state index contributed by atoms with van der Waals surface area (Å²) in [4.78, 5) is 14.6. The molecule has 5 heteroatoms. The van der Waals surface area contributed by atoms with Crippen molar-refractivity contribution in [1.82, 2.24) is 15.0 Å². The minimum atomic E-state index is 0.293. The van der Waals surface area contributed by atoms with Gasteiger partial charge in [0.05, 0.1) is 16.3 Å². The third-order valence-electron chi connectivity index (χ3n) is 2.90. The van der Waals surface area contributed by atoms with Gasteiger partial charge >= 0.3 is 0 Å². The number of pyridine rings is 1. The Hall–Kier alpha value is -2.27. The molecule has 0 aliphatic rings. The molecule has 0 radical (unpaired) electrons. The second-order valence-electron chi connectivity index (χ2n) is 4.95. The van der Waals surface area contributed by atoms with Crippen LogP contribution in [-0.2, 0) is 0 Å². The fraction of sp³-hybridized carbons (Fsp3) is 0.188. The van der Waals surface area contributed by atoms with Gasteiger partial charge in [0.25, 0.3) is 0 Å². The first-order valence-electron chi connectivity index (χ1n) is 6.83. The topological polar surface area (TPSA) is 50.7 Å². The second-order valence-corrected chi connectivity index (χ2v) is 5.89. The molecular weight excluding hydrogens is 280 g/mol. The Labute approximate surface area is 127 Å². The Morgan fingerprint density at radius 3 is 2.67 bits per heavy atom. The maximum absolute atomic E-state index is 4.68. The van der Waals surface area contributed by atoms with E-state index in [0.717, 1.165) is 21.8 Å². The van der Waals surface area contributed by atoms with Gasteiger partial charge in [0, 0.05) is 24.0 Å². The Morgan fingerprint density at radius 2 is 2.00 bits per heavy atom. The summed E-state index contributed by atoms with van der Waals surface area (Å²) in [6, 6.07) is 10.2. The van der Waals surface area contributed by atoms with Crippen molar-refractivity contribution < 1.29 is 0 Å². The maximum Gasteiger partial charge on any atom is 0.223 e. The average molecular weight is 296 g/mol. The average Bonchev–Trinajstić information content (AvgIpc) is 3.01. The SMILES string of the molecule is CC(C)Nc1ncc(-c2ccccn2)c(-c2cccs2)n1. The van der Waals surface area contributed by atoms with Crippen molar-refractivity contribution in [2.45, 2.75) is 19.9 Å². The summed E-state index contributed by atoms with van der Waals surface area (Å²) in [5.41, 5.74) is 2.76. The minimum absolute atomic E-state index is 0.293. The lowest BCUT2D eigenvalue weighted by Gasteiger charge is -2.11. The van der Waals surface area contributed by atoms with Crippen LogP contribution in [0.2, 0.25) is 0 Å². The molecule has 0 atom stereocenters. The number of rotatable bonds is 4. The van der Waals surface area contributed by atoms with E-state index < -0.39 is 0 Å². The number of anilines is 1. The highest BCUT2D eigenvalue weighted by atomic mass is 32.1. The van der Waals surface area contributed by atoms with Gasteiger partial charge in [-0.1, -0.05) is 12.1 Å². The lowest BCUT2D eigenvalue weighted by molar-refractivity contribution is 0.875. The van der Waals surface area contributed by atoms with Crippen molar-refractivity contribution in [2.75, 3.05) is 5.32 Å². The van der Waals surface area contributed by atoms with Crippen molar-refractivity contribution >= 4 is 17.3 Å². The number of thiophene rings is 1. The molecule has 3 heterocycles. The molecule has 3 aromatic heterocycles. The second kappa shape index (κ2) is 6.01. The van der Waals surface area contributed by atoms with Crippen LogP contribution in [0.3, 0.4) is 0 Å². The summed E-state index contributed by atoms with van der Waals surface area (Å²) in [6.45, 7) is 4.14. The zero-order valence-electron chi connectivity index (χ0n) is 11.9. The number of nitrogens with zero attached hydrogens (tertiary/aromatic N) is 3. The van der Waals surface area contributed by atoms with Crippen LogP contribution in [0.4, 0.5) is 5.95 Å². The molecule has 0 fully saturated rings. The normalized spacial score (nSPS) is 10.8. The first-order valence-corrected chi connectivity index (χ1v) is 7.71. The number of hydrogen-bond acceptors (Lipinski definition) is 5. The van der Waals surface area contributed by atoms with Crippen molar-refractivity contribution in [3.63, 3.8) is 0 Å². The molecular formula is C16H16N4S. The quantitative estimate of drug-likeness (QED) is 0.788. The largest absolute Gasteiger partial charge is 0.352 e. The fourth-order valence-electron chi connectivity index (χ4n) is 2.02. The molecule has 0 unspecified atom stereocenters. The Kier molecular flexibility index (Phi) is 3.92. The van der Waals surface area contributed by atoms with Crippen LogP contribution in [0.1, 0.15) is 13.8 Å². The van der Waals surface area contributed by atoms with Crippen LogP contribution in [0.15, 0.2) is 48.1 Å². The molecule has 0 saturated heterocycles. The van der Waals surface area contributed by atoms with Gasteiger partial charge in [0.1, 0.15) is 0 Å². The van der Waals surface area contributed by atoms with Crippen LogP contribution in [0.5, 0.6) is 0 Å². The van der Waals surface area contributed by atoms with Crippen LogP contribution in [0.25, 0.3) is 21.8 Å². The van der Waals surface area contributed by atoms with E-state index in [1.807, 2.05) is 30.5 Å². The van der Waals surface area contributed by atoms with Gasteiger partial charge in [0.15, 0.2) is 0 Å². The van der Waals surface area contributed by atoms with E-state index in [0.29, 0.717) is 12.0 Å². The summed E-state index contributed by atoms with van der Waals surface area (Å²) in [7, 11) is 0. The molecule has 0 saturated carbocycles. The highest BCUT2D eigenvalue weighted by Crippen LogP contribution is 2.32. The molecule has 0 aromatic carbocycles. The van der Waals surface area contributed by atoms with Gasteiger partial charge in [0.2, 0.25) is 5.95 Å². The van der Waals surface area contributed by atoms with Crippen molar-refractivity contribution in [3.8, 4) is 21.8 Å². The molecule has 106 valence electrons. The van der Waals surface area contributed by atoms with Gasteiger partial charge < -0.3 is 5.32 Å². The summed E-state index contributed by atoms with van der Waals surface area (Å²) in [5.74, 6) is 0.646. The van der Waals surface area contributed by atoms with E-state index in [9.17, 15) is 0 Å². The van der Waals surface area contributed by atoms with Gasteiger partial charge in [-0.2, -0.15) is 0 Å². The van der Waals surface area contributed by atoms with E-state index in [2.05, 4.69) is 45.6 Å². The van der Waals surface area contributed by atoms with Crippen molar-refractivity contribution in [2.24, 2.45) is 0 Å². The Balaban J connectivity index is 2.11. The molecule has 0 bridgehead atoms. The smallest absolute Gasteiger partial charge is 0.223 e.